The first kappa shape index (κ1) is 14.6. The molecule has 0 radical (unpaired) electrons. The van der Waals surface area contributed by atoms with E-state index in [1.165, 1.54) is 5.56 Å². The third-order valence-corrected chi connectivity index (χ3v) is 2.97. The minimum atomic E-state index is 0.524. The van der Waals surface area contributed by atoms with E-state index < -0.39 is 0 Å². The number of nitrogens with one attached hydrogen (secondary N) is 1. The number of ether oxygens (including phenoxy) is 1. The molecule has 20 heavy (non-hydrogen) atoms. The molecule has 1 N–H and O–H groups in total. The van der Waals surface area contributed by atoms with E-state index in [0.29, 0.717) is 24.2 Å². The van der Waals surface area contributed by atoms with E-state index in [2.05, 4.69) is 27.4 Å². The summed E-state index contributed by atoms with van der Waals surface area (Å²) in [4.78, 5) is 8.44. The number of hydrogen-bond acceptors (Lipinski definition) is 4. The van der Waals surface area contributed by atoms with Gasteiger partial charge in [-0.2, -0.15) is 4.98 Å². The van der Waals surface area contributed by atoms with Gasteiger partial charge in [-0.05, 0) is 37.5 Å². The number of nitrogens with zero attached hydrogens (tertiary/aromatic N) is 2. The van der Waals surface area contributed by atoms with E-state index >= 15 is 0 Å². The highest BCUT2D eigenvalue weighted by molar-refractivity contribution is 6.17. The van der Waals surface area contributed by atoms with Crippen LogP contribution in [-0.2, 0) is 6.42 Å². The Labute approximate surface area is 124 Å². The number of rotatable bonds is 7. The van der Waals surface area contributed by atoms with E-state index in [1.54, 1.807) is 12.4 Å². The minimum absolute atomic E-state index is 0.524. The summed E-state index contributed by atoms with van der Waals surface area (Å²) < 4.78 is 5.33. The van der Waals surface area contributed by atoms with Crippen molar-refractivity contribution in [2.45, 2.75) is 19.8 Å². The Kier molecular flexibility index (Phi) is 5.62. The van der Waals surface area contributed by atoms with E-state index in [1.807, 2.05) is 19.1 Å². The second-order valence-electron chi connectivity index (χ2n) is 4.29. The summed E-state index contributed by atoms with van der Waals surface area (Å²) in [6, 6.07) is 8.21. The van der Waals surface area contributed by atoms with Gasteiger partial charge in [-0.15, -0.1) is 11.6 Å². The predicted molar refractivity (Wildman–Crippen MR) is 82.0 cm³/mol. The van der Waals surface area contributed by atoms with Gasteiger partial charge >= 0.3 is 0 Å². The summed E-state index contributed by atoms with van der Waals surface area (Å²) in [6.07, 6.45) is 5.23. The average molecular weight is 292 g/mol. The monoisotopic (exact) mass is 291 g/mol. The van der Waals surface area contributed by atoms with Gasteiger partial charge in [0.2, 0.25) is 5.88 Å². The molecule has 4 nitrogen and oxygen atoms in total. The van der Waals surface area contributed by atoms with Crippen LogP contribution in [0.4, 0.5) is 11.5 Å². The Bertz CT molecular complexity index is 548. The Hall–Kier alpha value is -1.81. The highest BCUT2D eigenvalue weighted by Gasteiger charge is 2.01. The zero-order valence-corrected chi connectivity index (χ0v) is 12.2. The van der Waals surface area contributed by atoms with E-state index in [-0.39, 0.29) is 0 Å². The number of anilines is 2. The first-order chi connectivity index (χ1) is 9.81. The Balaban J connectivity index is 2.07. The third-order valence-electron chi connectivity index (χ3n) is 2.70. The quantitative estimate of drug-likeness (QED) is 0.789. The molecule has 0 amide bonds. The normalized spacial score (nSPS) is 10.3. The first-order valence-corrected chi connectivity index (χ1v) is 7.22. The molecule has 1 heterocycles. The van der Waals surface area contributed by atoms with Crippen molar-refractivity contribution >= 4 is 23.1 Å². The van der Waals surface area contributed by atoms with Gasteiger partial charge in [0.1, 0.15) is 0 Å². The molecule has 0 aliphatic carbocycles. The molecular weight excluding hydrogens is 274 g/mol. The summed E-state index contributed by atoms with van der Waals surface area (Å²) in [5.74, 6) is 1.88. The van der Waals surface area contributed by atoms with Gasteiger partial charge in [-0.1, -0.05) is 12.1 Å². The lowest BCUT2D eigenvalue weighted by Crippen LogP contribution is -1.99. The Morgan fingerprint density at radius 1 is 1.30 bits per heavy atom. The van der Waals surface area contributed by atoms with Crippen molar-refractivity contribution in [3.63, 3.8) is 0 Å². The van der Waals surface area contributed by atoms with Gasteiger partial charge in [-0.3, -0.25) is 4.98 Å². The maximum absolute atomic E-state index is 5.72. The SMILES string of the molecule is CCOc1cncc(Nc2cccc(CCCCl)c2)n1. The topological polar surface area (TPSA) is 47.0 Å². The van der Waals surface area contributed by atoms with Gasteiger partial charge in [0, 0.05) is 11.6 Å². The van der Waals surface area contributed by atoms with Gasteiger partial charge in [0.05, 0.1) is 19.0 Å². The van der Waals surface area contributed by atoms with Crippen LogP contribution in [0.1, 0.15) is 18.9 Å². The number of halogens is 1. The van der Waals surface area contributed by atoms with Crippen LogP contribution in [0.25, 0.3) is 0 Å². The molecule has 0 aliphatic rings. The third kappa shape index (κ3) is 4.38. The van der Waals surface area contributed by atoms with Gasteiger partial charge in [0.15, 0.2) is 5.82 Å². The van der Waals surface area contributed by atoms with E-state index in [0.717, 1.165) is 18.5 Å². The predicted octanol–water partition coefficient (Wildman–Crippen LogP) is 3.79. The van der Waals surface area contributed by atoms with Crippen molar-refractivity contribution in [3.05, 3.63) is 42.2 Å². The van der Waals surface area contributed by atoms with Crippen molar-refractivity contribution < 1.29 is 4.74 Å². The summed E-state index contributed by atoms with van der Waals surface area (Å²) in [7, 11) is 0. The summed E-state index contributed by atoms with van der Waals surface area (Å²) in [5, 5.41) is 3.23. The molecule has 0 spiro atoms. The summed E-state index contributed by atoms with van der Waals surface area (Å²) in [5.41, 5.74) is 2.24. The standard InChI is InChI=1S/C15H18ClN3O/c1-2-20-15-11-17-10-14(19-15)18-13-7-3-5-12(9-13)6-4-8-16/h3,5,7,9-11H,2,4,6,8H2,1H3,(H,18,19). The molecule has 0 saturated heterocycles. The number of benzene rings is 1. The molecule has 1 aromatic heterocycles. The van der Waals surface area contributed by atoms with Crippen molar-refractivity contribution in [3.8, 4) is 5.88 Å². The lowest BCUT2D eigenvalue weighted by Gasteiger charge is -2.08. The number of aromatic nitrogens is 2. The highest BCUT2D eigenvalue weighted by Crippen LogP contribution is 2.18. The molecule has 1 aromatic carbocycles. The van der Waals surface area contributed by atoms with Crippen molar-refractivity contribution in [2.75, 3.05) is 17.8 Å². The van der Waals surface area contributed by atoms with Crippen LogP contribution in [0.3, 0.4) is 0 Å². The van der Waals surface area contributed by atoms with Crippen molar-refractivity contribution in [1.82, 2.24) is 9.97 Å². The fraction of sp³-hybridized carbons (Fsp3) is 0.333. The molecule has 0 unspecified atom stereocenters. The molecule has 106 valence electrons. The van der Waals surface area contributed by atoms with Crippen molar-refractivity contribution in [1.29, 1.82) is 0 Å². The number of aryl methyl sites for hydroxylation is 1. The van der Waals surface area contributed by atoms with Crippen LogP contribution in [0.2, 0.25) is 0 Å². The Morgan fingerprint density at radius 2 is 2.20 bits per heavy atom. The summed E-state index contributed by atoms with van der Waals surface area (Å²) >= 11 is 5.72. The van der Waals surface area contributed by atoms with Crippen LogP contribution in [0.15, 0.2) is 36.7 Å². The molecule has 0 bridgehead atoms. The maximum Gasteiger partial charge on any atom is 0.234 e. The highest BCUT2D eigenvalue weighted by atomic mass is 35.5. The molecule has 5 heteroatoms. The number of hydrogen-bond donors (Lipinski definition) is 1. The van der Waals surface area contributed by atoms with E-state index in [4.69, 9.17) is 16.3 Å². The van der Waals surface area contributed by atoms with Crippen LogP contribution in [-0.4, -0.2) is 22.5 Å². The number of alkyl halides is 1. The van der Waals surface area contributed by atoms with Crippen LogP contribution < -0.4 is 10.1 Å². The molecule has 0 atom stereocenters. The van der Waals surface area contributed by atoms with Crippen LogP contribution in [0, 0.1) is 0 Å². The van der Waals surface area contributed by atoms with Gasteiger partial charge < -0.3 is 10.1 Å². The molecule has 0 aliphatic heterocycles. The largest absolute Gasteiger partial charge is 0.477 e. The smallest absolute Gasteiger partial charge is 0.234 e. The van der Waals surface area contributed by atoms with E-state index in [9.17, 15) is 0 Å². The maximum atomic E-state index is 5.72. The zero-order valence-electron chi connectivity index (χ0n) is 11.5. The molecular formula is C15H18ClN3O. The minimum Gasteiger partial charge on any atom is -0.477 e. The molecule has 0 fully saturated rings. The van der Waals surface area contributed by atoms with Crippen LogP contribution in [0.5, 0.6) is 5.88 Å². The summed E-state index contributed by atoms with van der Waals surface area (Å²) in [6.45, 7) is 2.49. The zero-order chi connectivity index (χ0) is 14.2. The molecule has 2 rings (SSSR count). The second-order valence-corrected chi connectivity index (χ2v) is 4.67. The fourth-order valence-electron chi connectivity index (χ4n) is 1.85. The molecule has 0 saturated carbocycles. The first-order valence-electron chi connectivity index (χ1n) is 6.68. The van der Waals surface area contributed by atoms with Crippen molar-refractivity contribution in [2.24, 2.45) is 0 Å². The average Bonchev–Trinajstić information content (AvgIpc) is 2.46. The van der Waals surface area contributed by atoms with Crippen LogP contribution >= 0.6 is 11.6 Å². The lowest BCUT2D eigenvalue weighted by atomic mass is 10.1. The second kappa shape index (κ2) is 7.70. The Morgan fingerprint density at radius 3 is 3.00 bits per heavy atom. The molecule has 2 aromatic rings. The fourth-order valence-corrected chi connectivity index (χ4v) is 1.98. The van der Waals surface area contributed by atoms with Gasteiger partial charge in [0.25, 0.3) is 0 Å². The lowest BCUT2D eigenvalue weighted by molar-refractivity contribution is 0.326. The van der Waals surface area contributed by atoms with Gasteiger partial charge in [-0.25, -0.2) is 0 Å².